The van der Waals surface area contributed by atoms with Crippen LogP contribution in [0.5, 0.6) is 0 Å². The molecule has 2 aromatic heterocycles. The van der Waals surface area contributed by atoms with Crippen molar-refractivity contribution < 1.29 is 13.9 Å². The van der Waals surface area contributed by atoms with Crippen LogP contribution in [-0.4, -0.2) is 26.8 Å². The molecule has 0 spiro atoms. The molecule has 3 heterocycles. The van der Waals surface area contributed by atoms with Gasteiger partial charge in [0.1, 0.15) is 5.82 Å². The summed E-state index contributed by atoms with van der Waals surface area (Å²) in [6.45, 7) is 0. The molecule has 0 fully saturated rings. The fourth-order valence-corrected chi connectivity index (χ4v) is 2.66. The lowest BCUT2D eigenvalue weighted by molar-refractivity contribution is -0.132. The van der Waals surface area contributed by atoms with E-state index in [-0.39, 0.29) is 17.6 Å². The molecule has 1 aromatic carbocycles. The SMILES string of the molecule is O=C(C=Cc1ccccn1)N1N=C(c2ccncc2)OC1c1ccc(F)cc1. The van der Waals surface area contributed by atoms with Crippen LogP contribution >= 0.6 is 0 Å². The van der Waals surface area contributed by atoms with Gasteiger partial charge in [-0.05, 0) is 42.5 Å². The Morgan fingerprint density at radius 1 is 1.04 bits per heavy atom. The molecule has 0 bridgehead atoms. The van der Waals surface area contributed by atoms with E-state index in [0.717, 1.165) is 0 Å². The van der Waals surface area contributed by atoms with Crippen molar-refractivity contribution in [2.45, 2.75) is 6.23 Å². The summed E-state index contributed by atoms with van der Waals surface area (Å²) in [5, 5.41) is 5.56. The van der Waals surface area contributed by atoms with Crippen molar-refractivity contribution >= 4 is 17.9 Å². The minimum Gasteiger partial charge on any atom is -0.446 e. The molecular formula is C21H15FN4O2. The predicted octanol–water partition coefficient (Wildman–Crippen LogP) is 3.55. The first-order chi connectivity index (χ1) is 13.7. The summed E-state index contributed by atoms with van der Waals surface area (Å²) < 4.78 is 19.2. The Morgan fingerprint density at radius 3 is 2.54 bits per heavy atom. The summed E-state index contributed by atoms with van der Waals surface area (Å²) in [5.41, 5.74) is 1.94. The fourth-order valence-electron chi connectivity index (χ4n) is 2.66. The van der Waals surface area contributed by atoms with Gasteiger partial charge in [-0.25, -0.2) is 4.39 Å². The minimum atomic E-state index is -0.801. The number of amides is 1. The van der Waals surface area contributed by atoms with E-state index in [4.69, 9.17) is 4.74 Å². The second-order valence-corrected chi connectivity index (χ2v) is 5.93. The van der Waals surface area contributed by atoms with Gasteiger partial charge in [0.25, 0.3) is 5.91 Å². The zero-order valence-corrected chi connectivity index (χ0v) is 14.6. The molecular weight excluding hydrogens is 359 g/mol. The Bertz CT molecular complexity index is 1020. The number of nitrogens with zero attached hydrogens (tertiary/aromatic N) is 4. The molecule has 4 rings (SSSR count). The van der Waals surface area contributed by atoms with E-state index < -0.39 is 6.23 Å². The Hall–Kier alpha value is -3.87. The van der Waals surface area contributed by atoms with Crippen LogP contribution in [-0.2, 0) is 9.53 Å². The molecule has 1 aliphatic heterocycles. The van der Waals surface area contributed by atoms with Crippen LogP contribution < -0.4 is 0 Å². The van der Waals surface area contributed by atoms with Crippen LogP contribution in [0.2, 0.25) is 0 Å². The number of carbonyl (C=O) groups excluding carboxylic acids is 1. The van der Waals surface area contributed by atoms with E-state index in [1.165, 1.54) is 23.2 Å². The lowest BCUT2D eigenvalue weighted by atomic mass is 10.2. The van der Waals surface area contributed by atoms with Crippen LogP contribution in [0.4, 0.5) is 4.39 Å². The maximum Gasteiger partial charge on any atom is 0.270 e. The molecule has 1 aliphatic rings. The standard InChI is InChI=1S/C21H15FN4O2/c22-17-6-4-16(5-7-17)21-26(19(27)9-8-18-3-1-2-12-24-18)25-20(28-21)15-10-13-23-14-11-15/h1-14,21H. The Labute approximate surface area is 160 Å². The molecule has 1 atom stereocenters. The number of hydrazone groups is 1. The largest absolute Gasteiger partial charge is 0.446 e. The molecule has 1 unspecified atom stereocenters. The summed E-state index contributed by atoms with van der Waals surface area (Å²) in [6, 6.07) is 14.6. The third-order valence-electron chi connectivity index (χ3n) is 4.04. The Morgan fingerprint density at radius 2 is 1.82 bits per heavy atom. The summed E-state index contributed by atoms with van der Waals surface area (Å²) in [4.78, 5) is 20.9. The first-order valence-electron chi connectivity index (χ1n) is 8.54. The van der Waals surface area contributed by atoms with Gasteiger partial charge in [-0.1, -0.05) is 18.2 Å². The smallest absolute Gasteiger partial charge is 0.270 e. The summed E-state index contributed by atoms with van der Waals surface area (Å²) in [6.07, 6.45) is 7.04. The maximum atomic E-state index is 13.3. The van der Waals surface area contributed by atoms with Gasteiger partial charge in [0.05, 0.1) is 5.69 Å². The normalized spacial score (nSPS) is 16.1. The van der Waals surface area contributed by atoms with E-state index in [2.05, 4.69) is 15.1 Å². The predicted molar refractivity (Wildman–Crippen MR) is 101 cm³/mol. The number of carbonyl (C=O) groups is 1. The van der Waals surface area contributed by atoms with Crippen LogP contribution in [0, 0.1) is 5.82 Å². The second-order valence-electron chi connectivity index (χ2n) is 5.93. The highest BCUT2D eigenvalue weighted by Crippen LogP contribution is 2.30. The van der Waals surface area contributed by atoms with E-state index >= 15 is 0 Å². The number of aromatic nitrogens is 2. The monoisotopic (exact) mass is 374 g/mol. The topological polar surface area (TPSA) is 67.7 Å². The summed E-state index contributed by atoms with van der Waals surface area (Å²) >= 11 is 0. The summed E-state index contributed by atoms with van der Waals surface area (Å²) in [5.74, 6) is -0.467. The number of hydrogen-bond donors (Lipinski definition) is 0. The van der Waals surface area contributed by atoms with Gasteiger partial charge in [-0.3, -0.25) is 14.8 Å². The highest BCUT2D eigenvalue weighted by Gasteiger charge is 2.33. The molecule has 0 N–H and O–H groups in total. The summed E-state index contributed by atoms with van der Waals surface area (Å²) in [7, 11) is 0. The molecule has 0 radical (unpaired) electrons. The third-order valence-corrected chi connectivity index (χ3v) is 4.04. The second kappa shape index (κ2) is 7.79. The number of halogens is 1. The van der Waals surface area contributed by atoms with E-state index in [1.807, 2.05) is 6.07 Å². The molecule has 1 amide bonds. The van der Waals surface area contributed by atoms with Gasteiger partial charge >= 0.3 is 0 Å². The quantitative estimate of drug-likeness (QED) is 0.655. The van der Waals surface area contributed by atoms with Crippen LogP contribution in [0.15, 0.2) is 84.4 Å². The van der Waals surface area contributed by atoms with Gasteiger partial charge in [-0.2, -0.15) is 5.01 Å². The van der Waals surface area contributed by atoms with Crippen molar-refractivity contribution in [2.24, 2.45) is 5.10 Å². The van der Waals surface area contributed by atoms with Crippen molar-refractivity contribution in [1.29, 1.82) is 0 Å². The highest BCUT2D eigenvalue weighted by molar-refractivity contribution is 5.98. The van der Waals surface area contributed by atoms with Crippen LogP contribution in [0.1, 0.15) is 23.0 Å². The van der Waals surface area contributed by atoms with Gasteiger partial charge in [0.15, 0.2) is 0 Å². The van der Waals surface area contributed by atoms with Crippen molar-refractivity contribution in [2.75, 3.05) is 0 Å². The number of ether oxygens (including phenoxy) is 1. The molecule has 6 nitrogen and oxygen atoms in total. The average molecular weight is 374 g/mol. The van der Waals surface area contributed by atoms with Crippen molar-refractivity contribution in [3.05, 3.63) is 102 Å². The van der Waals surface area contributed by atoms with Gasteiger partial charge in [0.2, 0.25) is 12.1 Å². The third kappa shape index (κ3) is 3.78. The average Bonchev–Trinajstić information content (AvgIpc) is 3.19. The van der Waals surface area contributed by atoms with E-state index in [0.29, 0.717) is 16.8 Å². The number of benzene rings is 1. The first kappa shape index (κ1) is 17.5. The van der Waals surface area contributed by atoms with E-state index in [9.17, 15) is 9.18 Å². The van der Waals surface area contributed by atoms with Gasteiger partial charge < -0.3 is 4.74 Å². The van der Waals surface area contributed by atoms with E-state index in [1.54, 1.807) is 61.1 Å². The molecule has 138 valence electrons. The Kier molecular flexibility index (Phi) is 4.88. The number of rotatable bonds is 4. The van der Waals surface area contributed by atoms with Crippen molar-refractivity contribution in [3.8, 4) is 0 Å². The molecule has 0 saturated carbocycles. The number of pyridine rings is 2. The van der Waals surface area contributed by atoms with Crippen molar-refractivity contribution in [1.82, 2.24) is 15.0 Å². The molecule has 7 heteroatoms. The van der Waals surface area contributed by atoms with Gasteiger partial charge in [-0.15, -0.1) is 5.10 Å². The fraction of sp³-hybridized carbons (Fsp3) is 0.0476. The van der Waals surface area contributed by atoms with Crippen molar-refractivity contribution in [3.63, 3.8) is 0 Å². The zero-order chi connectivity index (χ0) is 19.3. The van der Waals surface area contributed by atoms with Crippen LogP contribution in [0.25, 0.3) is 6.08 Å². The van der Waals surface area contributed by atoms with Crippen LogP contribution in [0.3, 0.4) is 0 Å². The first-order valence-corrected chi connectivity index (χ1v) is 8.54. The molecule has 0 aliphatic carbocycles. The number of hydrogen-bond acceptors (Lipinski definition) is 5. The minimum absolute atomic E-state index is 0.288. The zero-order valence-electron chi connectivity index (χ0n) is 14.6. The lowest BCUT2D eigenvalue weighted by Crippen LogP contribution is -2.26. The molecule has 3 aromatic rings. The lowest BCUT2D eigenvalue weighted by Gasteiger charge is -2.19. The highest BCUT2D eigenvalue weighted by atomic mass is 19.1. The maximum absolute atomic E-state index is 13.3. The van der Waals surface area contributed by atoms with Gasteiger partial charge in [0, 0.05) is 35.8 Å². The Balaban J connectivity index is 1.64. The molecule has 0 saturated heterocycles. The molecule has 28 heavy (non-hydrogen) atoms.